The fourth-order valence-electron chi connectivity index (χ4n) is 3.32. The van der Waals surface area contributed by atoms with Crippen LogP contribution in [0.4, 0.5) is 0 Å². The molecule has 1 aliphatic carbocycles. The van der Waals surface area contributed by atoms with E-state index in [0.717, 1.165) is 24.3 Å². The van der Waals surface area contributed by atoms with Gasteiger partial charge in [0.1, 0.15) is 17.6 Å². The first-order valence-corrected chi connectivity index (χ1v) is 7.48. The van der Waals surface area contributed by atoms with Crippen molar-refractivity contribution >= 4 is 0 Å². The number of allylic oxidation sites excluding steroid dienone is 2. The van der Waals surface area contributed by atoms with Crippen molar-refractivity contribution in [3.8, 4) is 11.5 Å². The summed E-state index contributed by atoms with van der Waals surface area (Å²) in [5.74, 6) is 2.48. The minimum Gasteiger partial charge on any atom is -0.497 e. The average molecular weight is 273 g/mol. The number of fused-ring (bicyclic) bond motifs is 1. The topological polar surface area (TPSA) is 30.5 Å². The third-order valence-electron chi connectivity index (χ3n) is 4.53. The molecule has 3 unspecified atom stereocenters. The maximum Gasteiger partial charge on any atom is 0.128 e. The van der Waals surface area contributed by atoms with Gasteiger partial charge in [-0.05, 0) is 38.3 Å². The van der Waals surface area contributed by atoms with E-state index in [-0.39, 0.29) is 0 Å². The minimum atomic E-state index is 0.303. The summed E-state index contributed by atoms with van der Waals surface area (Å²) in [5, 5.41) is 3.43. The van der Waals surface area contributed by atoms with Gasteiger partial charge in [-0.3, -0.25) is 0 Å². The Balaban J connectivity index is 1.85. The standard InChI is InChI=1S/C17H23NO2/c1-18-15-11-16(12-6-4-3-5-7-12)20-17-10-13(19-2)8-9-14(15)17/h3-4,8-10,12,15-16,18H,5-7,11H2,1-2H3. The van der Waals surface area contributed by atoms with E-state index in [1.807, 2.05) is 19.2 Å². The van der Waals surface area contributed by atoms with E-state index in [4.69, 9.17) is 9.47 Å². The Morgan fingerprint density at radius 2 is 2.20 bits per heavy atom. The zero-order valence-electron chi connectivity index (χ0n) is 12.3. The van der Waals surface area contributed by atoms with Gasteiger partial charge >= 0.3 is 0 Å². The number of ether oxygens (including phenoxy) is 2. The van der Waals surface area contributed by atoms with Gasteiger partial charge in [-0.1, -0.05) is 18.2 Å². The number of methoxy groups -OCH3 is 1. The lowest BCUT2D eigenvalue weighted by Crippen LogP contribution is -2.36. The summed E-state index contributed by atoms with van der Waals surface area (Å²) in [6, 6.07) is 6.52. The molecule has 3 heteroatoms. The fraction of sp³-hybridized carbons (Fsp3) is 0.529. The van der Waals surface area contributed by atoms with Crippen molar-refractivity contribution in [1.82, 2.24) is 5.32 Å². The van der Waals surface area contributed by atoms with Gasteiger partial charge in [-0.25, -0.2) is 0 Å². The summed E-state index contributed by atoms with van der Waals surface area (Å²) in [5.41, 5.74) is 1.25. The first-order valence-electron chi connectivity index (χ1n) is 7.48. The Morgan fingerprint density at radius 1 is 1.30 bits per heavy atom. The highest BCUT2D eigenvalue weighted by molar-refractivity contribution is 5.44. The second kappa shape index (κ2) is 5.88. The maximum atomic E-state index is 6.29. The van der Waals surface area contributed by atoms with Crippen molar-refractivity contribution in [3.63, 3.8) is 0 Å². The fourth-order valence-corrected chi connectivity index (χ4v) is 3.32. The summed E-state index contributed by atoms with van der Waals surface area (Å²) in [6.07, 6.45) is 9.49. The largest absolute Gasteiger partial charge is 0.497 e. The molecular weight excluding hydrogens is 250 g/mol. The maximum absolute atomic E-state index is 6.29. The SMILES string of the molecule is CNC1CC(C2CC=CCC2)Oc2cc(OC)ccc21. The first kappa shape index (κ1) is 13.5. The summed E-state index contributed by atoms with van der Waals surface area (Å²) >= 11 is 0. The van der Waals surface area contributed by atoms with Crippen LogP contribution < -0.4 is 14.8 Å². The molecular formula is C17H23NO2. The summed E-state index contributed by atoms with van der Waals surface area (Å²) in [4.78, 5) is 0. The minimum absolute atomic E-state index is 0.303. The van der Waals surface area contributed by atoms with E-state index in [0.29, 0.717) is 18.1 Å². The first-order chi connectivity index (χ1) is 9.81. The molecule has 1 N–H and O–H groups in total. The van der Waals surface area contributed by atoms with Crippen LogP contribution in [0.25, 0.3) is 0 Å². The number of rotatable bonds is 3. The van der Waals surface area contributed by atoms with Crippen LogP contribution in [0.5, 0.6) is 11.5 Å². The lowest BCUT2D eigenvalue weighted by atomic mass is 9.83. The molecule has 0 fully saturated rings. The van der Waals surface area contributed by atoms with Crippen molar-refractivity contribution < 1.29 is 9.47 Å². The van der Waals surface area contributed by atoms with Crippen molar-refractivity contribution in [1.29, 1.82) is 0 Å². The van der Waals surface area contributed by atoms with Crippen molar-refractivity contribution in [2.45, 2.75) is 37.8 Å². The molecule has 0 aromatic heterocycles. The number of hydrogen-bond donors (Lipinski definition) is 1. The van der Waals surface area contributed by atoms with Gasteiger partial charge in [0.05, 0.1) is 7.11 Å². The summed E-state index contributed by atoms with van der Waals surface area (Å²) < 4.78 is 11.6. The molecule has 1 aromatic carbocycles. The van der Waals surface area contributed by atoms with E-state index in [9.17, 15) is 0 Å². The normalized spacial score (nSPS) is 28.6. The molecule has 0 saturated carbocycles. The lowest BCUT2D eigenvalue weighted by Gasteiger charge is -2.37. The second-order valence-electron chi connectivity index (χ2n) is 5.68. The molecule has 3 atom stereocenters. The van der Waals surface area contributed by atoms with Crippen LogP contribution in [0.3, 0.4) is 0 Å². The van der Waals surface area contributed by atoms with Gasteiger partial charge in [0.25, 0.3) is 0 Å². The van der Waals surface area contributed by atoms with Gasteiger partial charge in [0.15, 0.2) is 0 Å². The Bertz CT molecular complexity index is 498. The molecule has 3 rings (SSSR count). The van der Waals surface area contributed by atoms with E-state index in [1.165, 1.54) is 18.4 Å². The van der Waals surface area contributed by atoms with E-state index >= 15 is 0 Å². The van der Waals surface area contributed by atoms with Gasteiger partial charge < -0.3 is 14.8 Å². The molecule has 0 saturated heterocycles. The van der Waals surface area contributed by atoms with E-state index in [2.05, 4.69) is 23.5 Å². The molecule has 20 heavy (non-hydrogen) atoms. The quantitative estimate of drug-likeness (QED) is 0.855. The zero-order valence-corrected chi connectivity index (χ0v) is 12.3. The lowest BCUT2D eigenvalue weighted by molar-refractivity contribution is 0.0884. The average Bonchev–Trinajstić information content (AvgIpc) is 2.54. The number of benzene rings is 1. The van der Waals surface area contributed by atoms with Crippen LogP contribution in [0.1, 0.15) is 37.3 Å². The van der Waals surface area contributed by atoms with E-state index in [1.54, 1.807) is 7.11 Å². The van der Waals surface area contributed by atoms with Gasteiger partial charge in [-0.2, -0.15) is 0 Å². The van der Waals surface area contributed by atoms with Gasteiger partial charge in [0.2, 0.25) is 0 Å². The van der Waals surface area contributed by atoms with Crippen molar-refractivity contribution in [2.75, 3.05) is 14.2 Å². The van der Waals surface area contributed by atoms with Gasteiger partial charge in [-0.15, -0.1) is 0 Å². The predicted octanol–water partition coefficient (Wildman–Crippen LogP) is 3.46. The van der Waals surface area contributed by atoms with Crippen molar-refractivity contribution in [3.05, 3.63) is 35.9 Å². The summed E-state index contributed by atoms with van der Waals surface area (Å²) in [7, 11) is 3.73. The highest BCUT2D eigenvalue weighted by Gasteiger charge is 2.32. The van der Waals surface area contributed by atoms with Crippen LogP contribution in [0, 0.1) is 5.92 Å². The Morgan fingerprint density at radius 3 is 2.90 bits per heavy atom. The molecule has 1 aliphatic heterocycles. The molecule has 108 valence electrons. The molecule has 0 amide bonds. The van der Waals surface area contributed by atoms with Crippen molar-refractivity contribution in [2.24, 2.45) is 5.92 Å². The molecule has 0 bridgehead atoms. The highest BCUT2D eigenvalue weighted by Crippen LogP contribution is 2.40. The predicted molar refractivity (Wildman–Crippen MR) is 80.3 cm³/mol. The molecule has 0 radical (unpaired) electrons. The highest BCUT2D eigenvalue weighted by atomic mass is 16.5. The Hall–Kier alpha value is -1.48. The molecule has 0 spiro atoms. The molecule has 1 heterocycles. The van der Waals surface area contributed by atoms with E-state index < -0.39 is 0 Å². The number of nitrogens with one attached hydrogen (secondary N) is 1. The Kier molecular flexibility index (Phi) is 3.97. The number of hydrogen-bond acceptors (Lipinski definition) is 3. The molecule has 2 aliphatic rings. The smallest absolute Gasteiger partial charge is 0.128 e. The van der Waals surface area contributed by atoms with Crippen LogP contribution in [-0.2, 0) is 0 Å². The van der Waals surface area contributed by atoms with Crippen LogP contribution >= 0.6 is 0 Å². The summed E-state index contributed by atoms with van der Waals surface area (Å²) in [6.45, 7) is 0. The second-order valence-corrected chi connectivity index (χ2v) is 5.68. The zero-order chi connectivity index (χ0) is 13.9. The molecule has 3 nitrogen and oxygen atoms in total. The van der Waals surface area contributed by atoms with Crippen LogP contribution in [0.15, 0.2) is 30.4 Å². The monoisotopic (exact) mass is 273 g/mol. The van der Waals surface area contributed by atoms with Gasteiger partial charge in [0, 0.05) is 24.1 Å². The molecule has 1 aromatic rings. The third-order valence-corrected chi connectivity index (χ3v) is 4.53. The van der Waals surface area contributed by atoms with Crippen LogP contribution in [0.2, 0.25) is 0 Å². The Labute approximate surface area is 121 Å². The third kappa shape index (κ3) is 2.55. The van der Waals surface area contributed by atoms with Crippen LogP contribution in [-0.4, -0.2) is 20.3 Å².